The van der Waals surface area contributed by atoms with Crippen molar-refractivity contribution >= 4 is 16.8 Å². The molecular weight excluding hydrogens is 336 g/mol. The van der Waals surface area contributed by atoms with E-state index in [-0.39, 0.29) is 5.91 Å². The Kier molecular flexibility index (Phi) is 5.41. The minimum Gasteiger partial charge on any atom is -0.336 e. The number of hydrogen-bond donors (Lipinski definition) is 1. The van der Waals surface area contributed by atoms with E-state index >= 15 is 0 Å². The number of para-hydroxylation sites is 1. The number of pyridine rings is 1. The molecule has 0 unspecified atom stereocenters. The van der Waals surface area contributed by atoms with Crippen molar-refractivity contribution in [2.45, 2.75) is 31.6 Å². The van der Waals surface area contributed by atoms with Gasteiger partial charge in [0.1, 0.15) is 0 Å². The summed E-state index contributed by atoms with van der Waals surface area (Å²) in [5, 5.41) is 0.973. The van der Waals surface area contributed by atoms with Crippen LogP contribution >= 0.6 is 0 Å². The van der Waals surface area contributed by atoms with E-state index in [2.05, 4.69) is 18.0 Å². The van der Waals surface area contributed by atoms with Crippen LogP contribution in [0.1, 0.15) is 47.7 Å². The molecule has 27 heavy (non-hydrogen) atoms. The fraction of sp³-hybridized carbons (Fsp3) is 0.545. The first-order valence-corrected chi connectivity index (χ1v) is 10.2. The van der Waals surface area contributed by atoms with E-state index in [1.807, 2.05) is 29.2 Å². The number of benzene rings is 1. The Bertz CT molecular complexity index is 805. The van der Waals surface area contributed by atoms with Crippen molar-refractivity contribution in [2.75, 3.05) is 39.8 Å². The summed E-state index contributed by atoms with van der Waals surface area (Å²) >= 11 is 0. The van der Waals surface area contributed by atoms with E-state index < -0.39 is 0 Å². The Morgan fingerprint density at radius 1 is 1.11 bits per heavy atom. The van der Waals surface area contributed by atoms with Crippen molar-refractivity contribution in [2.24, 2.45) is 11.7 Å². The zero-order valence-corrected chi connectivity index (χ0v) is 16.2. The summed E-state index contributed by atoms with van der Waals surface area (Å²) in [6.07, 6.45) is 4.57. The molecule has 0 atom stereocenters. The molecule has 1 aliphatic heterocycles. The van der Waals surface area contributed by atoms with Crippen LogP contribution in [0.2, 0.25) is 0 Å². The van der Waals surface area contributed by atoms with Crippen LogP contribution in [0.4, 0.5) is 0 Å². The Balaban J connectivity index is 1.66. The van der Waals surface area contributed by atoms with Crippen LogP contribution in [0.15, 0.2) is 30.3 Å². The van der Waals surface area contributed by atoms with Gasteiger partial charge in [0, 0.05) is 43.2 Å². The lowest BCUT2D eigenvalue weighted by Gasteiger charge is -2.33. The van der Waals surface area contributed by atoms with Crippen LogP contribution in [0, 0.1) is 5.92 Å². The zero-order valence-electron chi connectivity index (χ0n) is 16.2. The summed E-state index contributed by atoms with van der Waals surface area (Å²) in [6.45, 7) is 4.24. The number of carbonyl (C=O) groups is 1. The Morgan fingerprint density at radius 3 is 2.52 bits per heavy atom. The molecule has 5 nitrogen and oxygen atoms in total. The third-order valence-corrected chi connectivity index (χ3v) is 6.36. The fourth-order valence-electron chi connectivity index (χ4n) is 4.46. The summed E-state index contributed by atoms with van der Waals surface area (Å²) < 4.78 is 0. The second-order valence-corrected chi connectivity index (χ2v) is 8.16. The molecule has 0 bridgehead atoms. The van der Waals surface area contributed by atoms with Crippen LogP contribution in [-0.2, 0) is 0 Å². The van der Waals surface area contributed by atoms with Crippen LogP contribution in [0.3, 0.4) is 0 Å². The largest absolute Gasteiger partial charge is 0.336 e. The number of rotatable bonds is 3. The van der Waals surface area contributed by atoms with Crippen molar-refractivity contribution in [3.8, 4) is 0 Å². The predicted octanol–water partition coefficient (Wildman–Crippen LogP) is 2.85. The average Bonchev–Trinajstić information content (AvgIpc) is 2.73. The van der Waals surface area contributed by atoms with Gasteiger partial charge in [0.15, 0.2) is 0 Å². The molecular formula is C22H30N4O. The molecule has 2 aliphatic rings. The van der Waals surface area contributed by atoms with Gasteiger partial charge in [-0.15, -0.1) is 0 Å². The third kappa shape index (κ3) is 3.85. The van der Waals surface area contributed by atoms with E-state index in [1.54, 1.807) is 0 Å². The number of aromatic nitrogens is 1. The van der Waals surface area contributed by atoms with Crippen molar-refractivity contribution in [3.05, 3.63) is 41.6 Å². The van der Waals surface area contributed by atoms with E-state index in [0.29, 0.717) is 11.8 Å². The van der Waals surface area contributed by atoms with E-state index in [9.17, 15) is 4.79 Å². The SMILES string of the molecule is CN1CCN(C(=O)c2cc(C3CCC(CN)CC3)nc3ccccc23)CC1. The molecule has 1 aromatic carbocycles. The van der Waals surface area contributed by atoms with Crippen molar-refractivity contribution < 1.29 is 4.79 Å². The molecule has 1 saturated heterocycles. The van der Waals surface area contributed by atoms with Gasteiger partial charge < -0.3 is 15.5 Å². The molecule has 1 aliphatic carbocycles. The summed E-state index contributed by atoms with van der Waals surface area (Å²) in [6, 6.07) is 10.1. The highest BCUT2D eigenvalue weighted by Crippen LogP contribution is 2.36. The highest BCUT2D eigenvalue weighted by atomic mass is 16.2. The molecule has 0 radical (unpaired) electrons. The second kappa shape index (κ2) is 7.95. The fourth-order valence-corrected chi connectivity index (χ4v) is 4.46. The van der Waals surface area contributed by atoms with Gasteiger partial charge in [0.05, 0.1) is 11.1 Å². The molecule has 0 spiro atoms. The number of likely N-dealkylation sites (N-methyl/N-ethyl adjacent to an activating group) is 1. The van der Waals surface area contributed by atoms with Crippen LogP contribution < -0.4 is 5.73 Å². The molecule has 2 heterocycles. The number of nitrogens with two attached hydrogens (primary N) is 1. The first-order chi connectivity index (χ1) is 13.2. The molecule has 1 amide bonds. The van der Waals surface area contributed by atoms with Gasteiger partial charge >= 0.3 is 0 Å². The van der Waals surface area contributed by atoms with Crippen molar-refractivity contribution in [1.29, 1.82) is 0 Å². The molecule has 1 saturated carbocycles. The average molecular weight is 367 g/mol. The number of nitrogens with zero attached hydrogens (tertiary/aromatic N) is 3. The molecule has 2 aromatic rings. The molecule has 5 heteroatoms. The summed E-state index contributed by atoms with van der Waals surface area (Å²) in [4.78, 5) is 22.5. The first kappa shape index (κ1) is 18.4. The minimum absolute atomic E-state index is 0.151. The van der Waals surface area contributed by atoms with E-state index in [1.165, 1.54) is 0 Å². The van der Waals surface area contributed by atoms with Gasteiger partial charge in [-0.1, -0.05) is 18.2 Å². The maximum absolute atomic E-state index is 13.3. The second-order valence-electron chi connectivity index (χ2n) is 8.16. The summed E-state index contributed by atoms with van der Waals surface area (Å²) in [5.74, 6) is 1.24. The monoisotopic (exact) mass is 366 g/mol. The van der Waals surface area contributed by atoms with Crippen molar-refractivity contribution in [3.63, 3.8) is 0 Å². The predicted molar refractivity (Wildman–Crippen MR) is 109 cm³/mol. The van der Waals surface area contributed by atoms with Gasteiger partial charge in [-0.05, 0) is 57.3 Å². The Morgan fingerprint density at radius 2 is 1.81 bits per heavy atom. The Labute approximate surface area is 161 Å². The summed E-state index contributed by atoms with van der Waals surface area (Å²) in [7, 11) is 2.11. The van der Waals surface area contributed by atoms with Gasteiger partial charge in [-0.2, -0.15) is 0 Å². The molecule has 2 N–H and O–H groups in total. The zero-order chi connectivity index (χ0) is 18.8. The van der Waals surface area contributed by atoms with Gasteiger partial charge in [-0.3, -0.25) is 9.78 Å². The van der Waals surface area contributed by atoms with Gasteiger partial charge in [0.2, 0.25) is 0 Å². The lowest BCUT2D eigenvalue weighted by Crippen LogP contribution is -2.47. The van der Waals surface area contributed by atoms with E-state index in [0.717, 1.165) is 80.6 Å². The lowest BCUT2D eigenvalue weighted by atomic mass is 9.80. The lowest BCUT2D eigenvalue weighted by molar-refractivity contribution is 0.0666. The topological polar surface area (TPSA) is 62.5 Å². The number of amides is 1. The van der Waals surface area contributed by atoms with Gasteiger partial charge in [0.25, 0.3) is 5.91 Å². The minimum atomic E-state index is 0.151. The molecule has 2 fully saturated rings. The molecule has 144 valence electrons. The summed E-state index contributed by atoms with van der Waals surface area (Å²) in [5.41, 5.74) is 8.69. The normalized spacial score (nSPS) is 24.3. The quantitative estimate of drug-likeness (QED) is 0.907. The van der Waals surface area contributed by atoms with E-state index in [4.69, 9.17) is 10.7 Å². The third-order valence-electron chi connectivity index (χ3n) is 6.36. The highest BCUT2D eigenvalue weighted by Gasteiger charge is 2.26. The van der Waals surface area contributed by atoms with Gasteiger partial charge in [-0.25, -0.2) is 0 Å². The number of carbonyl (C=O) groups excluding carboxylic acids is 1. The highest BCUT2D eigenvalue weighted by molar-refractivity contribution is 6.06. The Hall–Kier alpha value is -1.98. The molecule has 4 rings (SSSR count). The maximum Gasteiger partial charge on any atom is 0.254 e. The number of piperazine rings is 1. The molecule has 1 aromatic heterocycles. The van der Waals surface area contributed by atoms with Crippen LogP contribution in [-0.4, -0.2) is 60.5 Å². The maximum atomic E-state index is 13.3. The van der Waals surface area contributed by atoms with Crippen LogP contribution in [0.5, 0.6) is 0 Å². The van der Waals surface area contributed by atoms with Crippen LogP contribution in [0.25, 0.3) is 10.9 Å². The smallest absolute Gasteiger partial charge is 0.254 e. The number of hydrogen-bond acceptors (Lipinski definition) is 4. The number of fused-ring (bicyclic) bond motifs is 1. The standard InChI is InChI=1S/C22H30N4O/c1-25-10-12-26(13-11-25)22(27)19-14-21(17-8-6-16(15-23)7-9-17)24-20-5-3-2-4-18(19)20/h2-5,14,16-17H,6-13,15,23H2,1H3. The van der Waals surface area contributed by atoms with Crippen molar-refractivity contribution in [1.82, 2.24) is 14.8 Å². The first-order valence-electron chi connectivity index (χ1n) is 10.2.